The Morgan fingerprint density at radius 2 is 1.71 bits per heavy atom. The van der Waals surface area contributed by atoms with Crippen LogP contribution < -0.4 is 15.8 Å². The number of hydrogen-bond donors (Lipinski definition) is 2. The van der Waals surface area contributed by atoms with Crippen LogP contribution in [0.4, 0.5) is 5.69 Å². The monoisotopic (exact) mass is 320 g/mol. The normalized spacial score (nSPS) is 10.3. The third-order valence-corrected chi connectivity index (χ3v) is 3.52. The minimum Gasteiger partial charge on any atom is -0.484 e. The lowest BCUT2D eigenvalue weighted by Crippen LogP contribution is -2.20. The van der Waals surface area contributed by atoms with Crippen molar-refractivity contribution in [2.45, 2.75) is 0 Å². The molecular formula is C19H16N2O3. The molecule has 0 aliphatic rings. The van der Waals surface area contributed by atoms with Crippen molar-refractivity contribution in [2.75, 3.05) is 11.9 Å². The van der Waals surface area contributed by atoms with E-state index >= 15 is 0 Å². The van der Waals surface area contributed by atoms with Gasteiger partial charge in [0.05, 0.1) is 0 Å². The van der Waals surface area contributed by atoms with Crippen LogP contribution in [0.25, 0.3) is 10.8 Å². The number of ether oxygens (including phenoxy) is 1. The zero-order valence-corrected chi connectivity index (χ0v) is 12.9. The zero-order valence-electron chi connectivity index (χ0n) is 12.9. The molecule has 0 saturated carbocycles. The van der Waals surface area contributed by atoms with Crippen molar-refractivity contribution in [1.29, 1.82) is 0 Å². The molecule has 0 aliphatic heterocycles. The number of amides is 2. The van der Waals surface area contributed by atoms with Gasteiger partial charge in [-0.1, -0.05) is 36.4 Å². The van der Waals surface area contributed by atoms with E-state index in [1.165, 1.54) is 6.07 Å². The fraction of sp³-hybridized carbons (Fsp3) is 0.0526. The van der Waals surface area contributed by atoms with E-state index in [1.807, 2.05) is 42.5 Å². The van der Waals surface area contributed by atoms with E-state index in [2.05, 4.69) is 5.32 Å². The smallest absolute Gasteiger partial charge is 0.262 e. The first-order valence-corrected chi connectivity index (χ1v) is 7.43. The largest absolute Gasteiger partial charge is 0.484 e. The van der Waals surface area contributed by atoms with Crippen LogP contribution in [0.1, 0.15) is 10.4 Å². The fourth-order valence-electron chi connectivity index (χ4n) is 2.35. The maximum Gasteiger partial charge on any atom is 0.262 e. The molecule has 24 heavy (non-hydrogen) atoms. The molecule has 0 heterocycles. The number of carbonyl (C=O) groups excluding carboxylic acids is 2. The molecule has 3 aromatic carbocycles. The van der Waals surface area contributed by atoms with Gasteiger partial charge in [-0.3, -0.25) is 9.59 Å². The molecule has 120 valence electrons. The summed E-state index contributed by atoms with van der Waals surface area (Å²) >= 11 is 0. The Bertz CT molecular complexity index is 906. The molecule has 0 bridgehead atoms. The minimum atomic E-state index is -0.543. The number of fused-ring (bicyclic) bond motifs is 1. The van der Waals surface area contributed by atoms with Gasteiger partial charge < -0.3 is 15.8 Å². The molecule has 3 aromatic rings. The molecule has 2 amide bonds. The summed E-state index contributed by atoms with van der Waals surface area (Å²) in [6, 6.07) is 20.0. The summed E-state index contributed by atoms with van der Waals surface area (Å²) in [7, 11) is 0. The van der Waals surface area contributed by atoms with Gasteiger partial charge in [-0.2, -0.15) is 0 Å². The van der Waals surface area contributed by atoms with Crippen LogP contribution in [0.15, 0.2) is 66.7 Å². The van der Waals surface area contributed by atoms with Crippen LogP contribution in [-0.2, 0) is 4.79 Å². The maximum absolute atomic E-state index is 12.0. The average molecular weight is 320 g/mol. The molecule has 0 fully saturated rings. The molecule has 0 radical (unpaired) electrons. The van der Waals surface area contributed by atoms with E-state index in [-0.39, 0.29) is 12.5 Å². The fourth-order valence-corrected chi connectivity index (χ4v) is 2.35. The van der Waals surface area contributed by atoms with E-state index in [9.17, 15) is 9.59 Å². The summed E-state index contributed by atoms with van der Waals surface area (Å²) in [5, 5.41) is 4.83. The molecule has 0 aliphatic carbocycles. The van der Waals surface area contributed by atoms with Crippen molar-refractivity contribution in [3.8, 4) is 5.75 Å². The summed E-state index contributed by atoms with van der Waals surface area (Å²) in [4.78, 5) is 23.1. The highest BCUT2D eigenvalue weighted by atomic mass is 16.5. The number of nitrogens with two attached hydrogens (primary N) is 1. The van der Waals surface area contributed by atoms with E-state index < -0.39 is 5.91 Å². The third-order valence-electron chi connectivity index (χ3n) is 3.52. The van der Waals surface area contributed by atoms with Crippen molar-refractivity contribution >= 4 is 28.3 Å². The maximum atomic E-state index is 12.0. The topological polar surface area (TPSA) is 81.4 Å². The molecule has 0 unspecified atom stereocenters. The van der Waals surface area contributed by atoms with Crippen molar-refractivity contribution < 1.29 is 14.3 Å². The van der Waals surface area contributed by atoms with E-state index in [0.717, 1.165) is 10.8 Å². The Morgan fingerprint density at radius 3 is 2.50 bits per heavy atom. The summed E-state index contributed by atoms with van der Waals surface area (Å²) in [6.45, 7) is -0.126. The highest BCUT2D eigenvalue weighted by molar-refractivity contribution is 5.96. The van der Waals surface area contributed by atoms with Gasteiger partial charge >= 0.3 is 0 Å². The van der Waals surface area contributed by atoms with Gasteiger partial charge in [-0.25, -0.2) is 0 Å². The lowest BCUT2D eigenvalue weighted by Gasteiger charge is -2.09. The quantitative estimate of drug-likeness (QED) is 0.758. The second kappa shape index (κ2) is 6.83. The van der Waals surface area contributed by atoms with E-state index in [4.69, 9.17) is 10.5 Å². The van der Waals surface area contributed by atoms with Crippen molar-refractivity contribution in [3.05, 3.63) is 72.3 Å². The zero-order chi connectivity index (χ0) is 16.9. The Kier molecular flexibility index (Phi) is 4.43. The Labute approximate surface area is 139 Å². The number of rotatable bonds is 5. The molecule has 0 atom stereocenters. The van der Waals surface area contributed by atoms with Crippen LogP contribution in [0.3, 0.4) is 0 Å². The Morgan fingerprint density at radius 1 is 0.917 bits per heavy atom. The van der Waals surface area contributed by atoms with Gasteiger partial charge in [-0.15, -0.1) is 0 Å². The Balaban J connectivity index is 1.62. The second-order valence-electron chi connectivity index (χ2n) is 5.29. The highest BCUT2D eigenvalue weighted by Crippen LogP contribution is 2.20. The number of nitrogens with one attached hydrogen (secondary N) is 1. The standard InChI is InChI=1S/C19H16N2O3/c20-19(23)15-6-3-7-16(10-15)21-18(22)12-24-17-9-8-13-4-1-2-5-14(13)11-17/h1-11H,12H2,(H2,20,23)(H,21,22). The van der Waals surface area contributed by atoms with Gasteiger partial charge in [0, 0.05) is 11.3 Å². The van der Waals surface area contributed by atoms with Gasteiger partial charge in [0.2, 0.25) is 5.91 Å². The lowest BCUT2D eigenvalue weighted by molar-refractivity contribution is -0.118. The number of carbonyl (C=O) groups is 2. The highest BCUT2D eigenvalue weighted by Gasteiger charge is 2.06. The van der Waals surface area contributed by atoms with Gasteiger partial charge in [0.25, 0.3) is 5.91 Å². The molecule has 3 N–H and O–H groups in total. The summed E-state index contributed by atoms with van der Waals surface area (Å²) < 4.78 is 5.52. The molecule has 0 spiro atoms. The number of hydrogen-bond acceptors (Lipinski definition) is 3. The third kappa shape index (κ3) is 3.70. The first kappa shape index (κ1) is 15.6. The van der Waals surface area contributed by atoms with Crippen LogP contribution in [0, 0.1) is 0 Å². The summed E-state index contributed by atoms with van der Waals surface area (Å²) in [6.07, 6.45) is 0. The van der Waals surface area contributed by atoms with Crippen molar-refractivity contribution in [1.82, 2.24) is 0 Å². The average Bonchev–Trinajstić information content (AvgIpc) is 2.60. The van der Waals surface area contributed by atoms with Crippen LogP contribution in [0.2, 0.25) is 0 Å². The van der Waals surface area contributed by atoms with Crippen molar-refractivity contribution in [3.63, 3.8) is 0 Å². The first-order valence-electron chi connectivity index (χ1n) is 7.43. The van der Waals surface area contributed by atoms with E-state index in [1.54, 1.807) is 18.2 Å². The van der Waals surface area contributed by atoms with Gasteiger partial charge in [0.1, 0.15) is 5.75 Å². The molecular weight excluding hydrogens is 304 g/mol. The summed E-state index contributed by atoms with van der Waals surface area (Å²) in [5.74, 6) is -0.238. The van der Waals surface area contributed by atoms with Crippen molar-refractivity contribution in [2.24, 2.45) is 5.73 Å². The number of benzene rings is 3. The predicted octanol–water partition coefficient (Wildman–Crippen LogP) is 2.96. The molecule has 3 rings (SSSR count). The number of anilines is 1. The van der Waals surface area contributed by atoms with Crippen LogP contribution in [0.5, 0.6) is 5.75 Å². The lowest BCUT2D eigenvalue weighted by atomic mass is 10.1. The molecule has 5 nitrogen and oxygen atoms in total. The van der Waals surface area contributed by atoms with Crippen LogP contribution >= 0.6 is 0 Å². The molecule has 5 heteroatoms. The Hall–Kier alpha value is -3.34. The number of primary amides is 1. The van der Waals surface area contributed by atoms with E-state index in [0.29, 0.717) is 17.0 Å². The second-order valence-corrected chi connectivity index (χ2v) is 5.29. The van der Waals surface area contributed by atoms with Gasteiger partial charge in [-0.05, 0) is 41.1 Å². The SMILES string of the molecule is NC(=O)c1cccc(NC(=O)COc2ccc3ccccc3c2)c1. The summed E-state index contributed by atoms with van der Waals surface area (Å²) in [5.41, 5.74) is 6.05. The molecule has 0 aromatic heterocycles. The first-order chi connectivity index (χ1) is 11.6. The predicted molar refractivity (Wildman–Crippen MR) is 93.0 cm³/mol. The molecule has 0 saturated heterocycles. The van der Waals surface area contributed by atoms with Gasteiger partial charge in [0.15, 0.2) is 6.61 Å². The van der Waals surface area contributed by atoms with Crippen LogP contribution in [-0.4, -0.2) is 18.4 Å². The minimum absolute atomic E-state index is 0.126.